The third-order valence-corrected chi connectivity index (χ3v) is 4.50. The molecule has 1 amide bonds. The van der Waals surface area contributed by atoms with Crippen molar-refractivity contribution in [1.82, 2.24) is 0 Å². The molecule has 0 atom stereocenters. The number of carbonyl (C=O) groups excluding carboxylic acids is 1. The van der Waals surface area contributed by atoms with Gasteiger partial charge in [0, 0.05) is 24.6 Å². The average Bonchev–Trinajstić information content (AvgIpc) is 2.76. The largest absolute Gasteiger partial charge is 0.494 e. The highest BCUT2D eigenvalue weighted by Crippen LogP contribution is 2.18. The summed E-state index contributed by atoms with van der Waals surface area (Å²) >= 11 is 0. The molecule has 0 aliphatic rings. The SMILES string of the molecule is CCCCCCCOc1ccc(NCC(=O)Nc2cccc(OCCOC)c2)cc1. The molecule has 2 aromatic rings. The van der Waals surface area contributed by atoms with Crippen LogP contribution in [0.1, 0.15) is 39.0 Å². The van der Waals surface area contributed by atoms with E-state index in [9.17, 15) is 4.79 Å². The van der Waals surface area contributed by atoms with E-state index in [1.54, 1.807) is 13.2 Å². The van der Waals surface area contributed by atoms with Crippen LogP contribution >= 0.6 is 0 Å². The molecular weight excluding hydrogens is 380 g/mol. The zero-order chi connectivity index (χ0) is 21.4. The molecule has 2 aromatic carbocycles. The molecule has 0 aromatic heterocycles. The third-order valence-electron chi connectivity index (χ3n) is 4.50. The number of carbonyl (C=O) groups is 1. The maximum Gasteiger partial charge on any atom is 0.243 e. The fourth-order valence-electron chi connectivity index (χ4n) is 2.86. The molecule has 0 saturated heterocycles. The Hall–Kier alpha value is -2.73. The van der Waals surface area contributed by atoms with E-state index >= 15 is 0 Å². The predicted molar refractivity (Wildman–Crippen MR) is 122 cm³/mol. The van der Waals surface area contributed by atoms with Gasteiger partial charge < -0.3 is 24.8 Å². The zero-order valence-electron chi connectivity index (χ0n) is 18.1. The van der Waals surface area contributed by atoms with Crippen molar-refractivity contribution in [2.75, 3.05) is 44.1 Å². The molecule has 0 aliphatic heterocycles. The van der Waals surface area contributed by atoms with Crippen LogP contribution in [0.5, 0.6) is 11.5 Å². The van der Waals surface area contributed by atoms with Crippen LogP contribution in [0.3, 0.4) is 0 Å². The highest BCUT2D eigenvalue weighted by Gasteiger charge is 2.04. The zero-order valence-corrected chi connectivity index (χ0v) is 18.1. The topological polar surface area (TPSA) is 68.8 Å². The summed E-state index contributed by atoms with van der Waals surface area (Å²) in [7, 11) is 1.63. The molecule has 2 N–H and O–H groups in total. The molecule has 0 radical (unpaired) electrons. The second kappa shape index (κ2) is 14.3. The van der Waals surface area contributed by atoms with Crippen molar-refractivity contribution < 1.29 is 19.0 Å². The van der Waals surface area contributed by atoms with Crippen molar-refractivity contribution in [3.8, 4) is 11.5 Å². The normalized spacial score (nSPS) is 10.5. The minimum absolute atomic E-state index is 0.128. The van der Waals surface area contributed by atoms with Crippen molar-refractivity contribution in [2.45, 2.75) is 39.0 Å². The van der Waals surface area contributed by atoms with Crippen LogP contribution in [0.15, 0.2) is 48.5 Å². The van der Waals surface area contributed by atoms with E-state index in [0.29, 0.717) is 24.7 Å². The summed E-state index contributed by atoms with van der Waals surface area (Å²) in [6, 6.07) is 15.0. The molecule has 6 nitrogen and oxygen atoms in total. The Morgan fingerprint density at radius 1 is 0.833 bits per heavy atom. The molecule has 164 valence electrons. The lowest BCUT2D eigenvalue weighted by Crippen LogP contribution is -2.21. The fraction of sp³-hybridized carbons (Fsp3) is 0.458. The van der Waals surface area contributed by atoms with Gasteiger partial charge in [0.25, 0.3) is 0 Å². The number of amides is 1. The maximum atomic E-state index is 12.2. The number of hydrogen-bond donors (Lipinski definition) is 2. The number of benzene rings is 2. The molecular formula is C24H34N2O4. The van der Waals surface area contributed by atoms with Gasteiger partial charge in [-0.2, -0.15) is 0 Å². The lowest BCUT2D eigenvalue weighted by Gasteiger charge is -2.11. The Kier molecular flexibility index (Phi) is 11.2. The molecule has 0 spiro atoms. The molecule has 0 fully saturated rings. The molecule has 0 bridgehead atoms. The fourth-order valence-corrected chi connectivity index (χ4v) is 2.86. The molecule has 2 rings (SSSR count). The van der Waals surface area contributed by atoms with Gasteiger partial charge in [0.2, 0.25) is 5.91 Å². The highest BCUT2D eigenvalue weighted by atomic mass is 16.5. The van der Waals surface area contributed by atoms with Crippen LogP contribution in [-0.2, 0) is 9.53 Å². The standard InChI is InChI=1S/C24H34N2O4/c1-3-4-5-6-7-15-29-22-13-11-20(12-14-22)25-19-24(27)26-21-9-8-10-23(18-21)30-17-16-28-2/h8-14,18,25H,3-7,15-17,19H2,1-2H3,(H,26,27). The minimum Gasteiger partial charge on any atom is -0.494 e. The Morgan fingerprint density at radius 3 is 2.37 bits per heavy atom. The number of hydrogen-bond acceptors (Lipinski definition) is 5. The summed E-state index contributed by atoms with van der Waals surface area (Å²) in [4.78, 5) is 12.2. The van der Waals surface area contributed by atoms with Crippen molar-refractivity contribution in [1.29, 1.82) is 0 Å². The van der Waals surface area contributed by atoms with Gasteiger partial charge in [-0.25, -0.2) is 0 Å². The Bertz CT molecular complexity index is 734. The van der Waals surface area contributed by atoms with E-state index in [2.05, 4.69) is 17.6 Å². The first-order valence-corrected chi connectivity index (χ1v) is 10.7. The van der Waals surface area contributed by atoms with E-state index in [4.69, 9.17) is 14.2 Å². The van der Waals surface area contributed by atoms with Gasteiger partial charge in [0.15, 0.2) is 0 Å². The van der Waals surface area contributed by atoms with Gasteiger partial charge in [0.1, 0.15) is 18.1 Å². The first-order valence-electron chi connectivity index (χ1n) is 10.7. The maximum absolute atomic E-state index is 12.2. The smallest absolute Gasteiger partial charge is 0.243 e. The Labute approximate surface area is 179 Å². The number of anilines is 2. The van der Waals surface area contributed by atoms with Crippen molar-refractivity contribution in [2.24, 2.45) is 0 Å². The van der Waals surface area contributed by atoms with Gasteiger partial charge in [-0.05, 0) is 42.8 Å². The van der Waals surface area contributed by atoms with E-state index in [1.807, 2.05) is 42.5 Å². The first kappa shape index (κ1) is 23.5. The van der Waals surface area contributed by atoms with Crippen molar-refractivity contribution in [3.05, 3.63) is 48.5 Å². The highest BCUT2D eigenvalue weighted by molar-refractivity contribution is 5.93. The van der Waals surface area contributed by atoms with Crippen LogP contribution in [0, 0.1) is 0 Å². The lowest BCUT2D eigenvalue weighted by atomic mass is 10.2. The average molecular weight is 415 g/mol. The predicted octanol–water partition coefficient (Wildman–Crippen LogP) is 5.11. The summed E-state index contributed by atoms with van der Waals surface area (Å²) < 4.78 is 16.3. The number of nitrogens with one attached hydrogen (secondary N) is 2. The van der Waals surface area contributed by atoms with E-state index in [-0.39, 0.29) is 12.5 Å². The second-order valence-corrected chi connectivity index (χ2v) is 7.06. The van der Waals surface area contributed by atoms with Gasteiger partial charge >= 0.3 is 0 Å². The van der Waals surface area contributed by atoms with E-state index in [0.717, 1.165) is 24.5 Å². The van der Waals surface area contributed by atoms with Crippen molar-refractivity contribution >= 4 is 17.3 Å². The summed E-state index contributed by atoms with van der Waals surface area (Å²) in [5.74, 6) is 1.42. The first-order chi connectivity index (χ1) is 14.7. The summed E-state index contributed by atoms with van der Waals surface area (Å²) in [6.07, 6.45) is 6.12. The minimum atomic E-state index is -0.128. The summed E-state index contributed by atoms with van der Waals surface area (Å²) in [5.41, 5.74) is 1.57. The lowest BCUT2D eigenvalue weighted by molar-refractivity contribution is -0.114. The Morgan fingerprint density at radius 2 is 1.60 bits per heavy atom. The number of rotatable bonds is 15. The monoisotopic (exact) mass is 414 g/mol. The van der Waals surface area contributed by atoms with Crippen LogP contribution < -0.4 is 20.1 Å². The Balaban J connectivity index is 1.68. The molecule has 0 unspecified atom stereocenters. The van der Waals surface area contributed by atoms with Crippen LogP contribution in [0.4, 0.5) is 11.4 Å². The summed E-state index contributed by atoms with van der Waals surface area (Å²) in [6.45, 7) is 4.12. The number of methoxy groups -OCH3 is 1. The van der Waals surface area contributed by atoms with Crippen molar-refractivity contribution in [3.63, 3.8) is 0 Å². The van der Waals surface area contributed by atoms with E-state index in [1.165, 1.54) is 25.7 Å². The second-order valence-electron chi connectivity index (χ2n) is 7.06. The third kappa shape index (κ3) is 9.65. The molecule has 30 heavy (non-hydrogen) atoms. The molecule has 6 heteroatoms. The van der Waals surface area contributed by atoms with Gasteiger partial charge in [-0.1, -0.05) is 38.7 Å². The number of unbranched alkanes of at least 4 members (excludes halogenated alkanes) is 4. The quantitative estimate of drug-likeness (QED) is 0.396. The van der Waals surface area contributed by atoms with Gasteiger partial charge in [0.05, 0.1) is 19.8 Å². The van der Waals surface area contributed by atoms with Crippen LogP contribution in [0.25, 0.3) is 0 Å². The van der Waals surface area contributed by atoms with E-state index < -0.39 is 0 Å². The van der Waals surface area contributed by atoms with Crippen LogP contribution in [0.2, 0.25) is 0 Å². The summed E-state index contributed by atoms with van der Waals surface area (Å²) in [5, 5.41) is 5.99. The van der Waals surface area contributed by atoms with Gasteiger partial charge in [-0.15, -0.1) is 0 Å². The molecule has 0 aliphatic carbocycles. The van der Waals surface area contributed by atoms with Crippen LogP contribution in [-0.4, -0.2) is 39.4 Å². The van der Waals surface area contributed by atoms with Gasteiger partial charge in [-0.3, -0.25) is 4.79 Å². The number of ether oxygens (including phenoxy) is 3. The molecule has 0 heterocycles. The molecule has 0 saturated carbocycles.